The Kier molecular flexibility index (Phi) is 5.26. The number of esters is 2. The van der Waals surface area contributed by atoms with Crippen molar-refractivity contribution in [3.8, 4) is 11.8 Å². The molecule has 0 amide bonds. The lowest BCUT2D eigenvalue weighted by molar-refractivity contribution is -0.128. The second kappa shape index (κ2) is 7.57. The van der Waals surface area contributed by atoms with E-state index in [4.69, 9.17) is 10.00 Å². The molecule has 0 bridgehead atoms. The van der Waals surface area contributed by atoms with Gasteiger partial charge in [0.15, 0.2) is 0 Å². The SMILES string of the molecule is COC(=O)c1ccc(/C=C/C(=O)Oc2cccc(C#N)c2)cc1. The van der Waals surface area contributed by atoms with Crippen LogP contribution in [-0.4, -0.2) is 19.0 Å². The van der Waals surface area contributed by atoms with Gasteiger partial charge in [0.1, 0.15) is 5.75 Å². The van der Waals surface area contributed by atoms with Crippen molar-refractivity contribution < 1.29 is 19.1 Å². The summed E-state index contributed by atoms with van der Waals surface area (Å²) in [4.78, 5) is 23.0. The van der Waals surface area contributed by atoms with Crippen LogP contribution in [0.3, 0.4) is 0 Å². The quantitative estimate of drug-likeness (QED) is 0.493. The van der Waals surface area contributed by atoms with Crippen LogP contribution in [0.4, 0.5) is 0 Å². The molecule has 5 heteroatoms. The van der Waals surface area contributed by atoms with Crippen LogP contribution >= 0.6 is 0 Å². The highest BCUT2D eigenvalue weighted by Crippen LogP contribution is 2.13. The van der Waals surface area contributed by atoms with Crippen molar-refractivity contribution >= 4 is 18.0 Å². The molecule has 0 aromatic heterocycles. The largest absolute Gasteiger partial charge is 0.465 e. The van der Waals surface area contributed by atoms with Crippen molar-refractivity contribution in [1.82, 2.24) is 0 Å². The van der Waals surface area contributed by atoms with Crippen molar-refractivity contribution in [1.29, 1.82) is 5.26 Å². The summed E-state index contributed by atoms with van der Waals surface area (Å²) in [6.07, 6.45) is 2.84. The van der Waals surface area contributed by atoms with Crippen LogP contribution < -0.4 is 4.74 Å². The molecule has 0 saturated carbocycles. The van der Waals surface area contributed by atoms with Crippen LogP contribution in [0, 0.1) is 11.3 Å². The fourth-order valence-corrected chi connectivity index (χ4v) is 1.79. The molecule has 0 aliphatic heterocycles. The first kappa shape index (κ1) is 16.0. The molecule has 0 spiro atoms. The fourth-order valence-electron chi connectivity index (χ4n) is 1.79. The zero-order valence-electron chi connectivity index (χ0n) is 12.4. The van der Waals surface area contributed by atoms with Gasteiger partial charge in [0, 0.05) is 6.08 Å². The van der Waals surface area contributed by atoms with Crippen LogP contribution in [0.5, 0.6) is 5.75 Å². The number of hydrogen-bond donors (Lipinski definition) is 0. The summed E-state index contributed by atoms with van der Waals surface area (Å²) in [7, 11) is 1.31. The lowest BCUT2D eigenvalue weighted by Gasteiger charge is -2.01. The number of carbonyl (C=O) groups excluding carboxylic acids is 2. The average Bonchev–Trinajstić information content (AvgIpc) is 2.60. The summed E-state index contributed by atoms with van der Waals surface area (Å²) in [6.45, 7) is 0. The standard InChI is InChI=1S/C18H13NO4/c1-22-18(21)15-8-5-13(6-9-15)7-10-17(20)23-16-4-2-3-14(11-16)12-19/h2-11H,1H3/b10-7+. The predicted octanol–water partition coefficient (Wildman–Crippen LogP) is 2.96. The van der Waals surface area contributed by atoms with Gasteiger partial charge in [0.2, 0.25) is 0 Å². The van der Waals surface area contributed by atoms with Crippen molar-refractivity contribution in [3.63, 3.8) is 0 Å². The molecule has 2 aromatic carbocycles. The first-order valence-electron chi connectivity index (χ1n) is 6.71. The number of benzene rings is 2. The second-order valence-electron chi connectivity index (χ2n) is 4.51. The molecule has 0 heterocycles. The van der Waals surface area contributed by atoms with Gasteiger partial charge in [-0.25, -0.2) is 9.59 Å². The molecule has 5 nitrogen and oxygen atoms in total. The summed E-state index contributed by atoms with van der Waals surface area (Å²) in [5, 5.41) is 8.79. The van der Waals surface area contributed by atoms with Gasteiger partial charge in [0.25, 0.3) is 0 Å². The highest BCUT2D eigenvalue weighted by atomic mass is 16.5. The van der Waals surface area contributed by atoms with Gasteiger partial charge in [-0.2, -0.15) is 5.26 Å². The summed E-state index contributed by atoms with van der Waals surface area (Å²) < 4.78 is 9.71. The van der Waals surface area contributed by atoms with Gasteiger partial charge in [-0.15, -0.1) is 0 Å². The fraction of sp³-hybridized carbons (Fsp3) is 0.0556. The first-order chi connectivity index (χ1) is 11.1. The third kappa shape index (κ3) is 4.55. The van der Waals surface area contributed by atoms with Gasteiger partial charge >= 0.3 is 11.9 Å². The summed E-state index contributed by atoms with van der Waals surface area (Å²) in [5.41, 5.74) is 1.58. The molecular weight excluding hydrogens is 294 g/mol. The number of hydrogen-bond acceptors (Lipinski definition) is 5. The number of rotatable bonds is 4. The summed E-state index contributed by atoms with van der Waals surface area (Å²) in [6, 6.07) is 14.9. The number of carbonyl (C=O) groups is 2. The molecule has 0 saturated heterocycles. The molecule has 0 radical (unpaired) electrons. The molecule has 0 N–H and O–H groups in total. The Hall–Kier alpha value is -3.39. The predicted molar refractivity (Wildman–Crippen MR) is 83.6 cm³/mol. The number of nitrogens with zero attached hydrogens (tertiary/aromatic N) is 1. The Morgan fingerprint density at radius 3 is 2.52 bits per heavy atom. The lowest BCUT2D eigenvalue weighted by Crippen LogP contribution is -2.03. The maximum atomic E-state index is 11.7. The molecule has 2 aromatic rings. The van der Waals surface area contributed by atoms with Crippen molar-refractivity contribution in [2.75, 3.05) is 7.11 Å². The number of nitriles is 1. The van der Waals surface area contributed by atoms with E-state index in [2.05, 4.69) is 4.74 Å². The van der Waals surface area contributed by atoms with E-state index < -0.39 is 11.9 Å². The van der Waals surface area contributed by atoms with Gasteiger partial charge in [-0.05, 0) is 42.0 Å². The highest BCUT2D eigenvalue weighted by molar-refractivity contribution is 5.90. The molecule has 0 aliphatic carbocycles. The normalized spacial score (nSPS) is 10.1. The van der Waals surface area contributed by atoms with Crippen molar-refractivity contribution in [2.45, 2.75) is 0 Å². The molecule has 2 rings (SSSR count). The second-order valence-corrected chi connectivity index (χ2v) is 4.51. The van der Waals surface area contributed by atoms with E-state index in [9.17, 15) is 9.59 Å². The zero-order valence-corrected chi connectivity index (χ0v) is 12.4. The average molecular weight is 307 g/mol. The van der Waals surface area contributed by atoms with Crippen molar-refractivity contribution in [3.05, 3.63) is 71.3 Å². The topological polar surface area (TPSA) is 76.4 Å². The smallest absolute Gasteiger partial charge is 0.337 e. The minimum Gasteiger partial charge on any atom is -0.465 e. The molecule has 23 heavy (non-hydrogen) atoms. The van der Waals surface area contributed by atoms with Gasteiger partial charge in [0.05, 0.1) is 24.3 Å². The van der Waals surface area contributed by atoms with Crippen LogP contribution in [0.25, 0.3) is 6.08 Å². The lowest BCUT2D eigenvalue weighted by atomic mass is 10.1. The van der Waals surface area contributed by atoms with Gasteiger partial charge in [-0.3, -0.25) is 0 Å². The third-order valence-corrected chi connectivity index (χ3v) is 2.93. The van der Waals surface area contributed by atoms with E-state index in [1.165, 1.54) is 19.3 Å². The van der Waals surface area contributed by atoms with E-state index in [1.807, 2.05) is 6.07 Å². The zero-order chi connectivity index (χ0) is 16.7. The maximum Gasteiger partial charge on any atom is 0.337 e. The molecule has 114 valence electrons. The third-order valence-electron chi connectivity index (χ3n) is 2.93. The number of ether oxygens (including phenoxy) is 2. The Bertz CT molecular complexity index is 785. The van der Waals surface area contributed by atoms with E-state index >= 15 is 0 Å². The van der Waals surface area contributed by atoms with E-state index in [1.54, 1.807) is 48.5 Å². The summed E-state index contributed by atoms with van der Waals surface area (Å²) >= 11 is 0. The monoisotopic (exact) mass is 307 g/mol. The molecule has 0 unspecified atom stereocenters. The minimum atomic E-state index is -0.558. The maximum absolute atomic E-state index is 11.7. The van der Waals surface area contributed by atoms with E-state index in [-0.39, 0.29) is 0 Å². The molecule has 0 aliphatic rings. The molecular formula is C18H13NO4. The molecule has 0 fully saturated rings. The van der Waals surface area contributed by atoms with Crippen LogP contribution in [0.2, 0.25) is 0 Å². The van der Waals surface area contributed by atoms with E-state index in [0.717, 1.165) is 5.56 Å². The van der Waals surface area contributed by atoms with E-state index in [0.29, 0.717) is 16.9 Å². The first-order valence-corrected chi connectivity index (χ1v) is 6.71. The highest BCUT2D eigenvalue weighted by Gasteiger charge is 2.04. The Labute approximate surface area is 133 Å². The Morgan fingerprint density at radius 2 is 1.87 bits per heavy atom. The number of methoxy groups -OCH3 is 1. The minimum absolute atomic E-state index is 0.305. The van der Waals surface area contributed by atoms with Crippen LogP contribution in [0.15, 0.2) is 54.6 Å². The Balaban J connectivity index is 2.00. The van der Waals surface area contributed by atoms with Gasteiger partial charge in [-0.1, -0.05) is 18.2 Å². The van der Waals surface area contributed by atoms with Crippen LogP contribution in [-0.2, 0) is 9.53 Å². The summed E-state index contributed by atoms with van der Waals surface area (Å²) in [5.74, 6) is -0.672. The molecule has 0 atom stereocenters. The van der Waals surface area contributed by atoms with Gasteiger partial charge < -0.3 is 9.47 Å². The Morgan fingerprint density at radius 1 is 1.13 bits per heavy atom. The van der Waals surface area contributed by atoms with Crippen LogP contribution in [0.1, 0.15) is 21.5 Å². The van der Waals surface area contributed by atoms with Crippen molar-refractivity contribution in [2.24, 2.45) is 0 Å².